The quantitative estimate of drug-likeness (QED) is 0.656. The van der Waals surface area contributed by atoms with Crippen molar-refractivity contribution < 1.29 is 8.42 Å². The molecule has 0 heterocycles. The molecule has 0 radical (unpaired) electrons. The predicted molar refractivity (Wildman–Crippen MR) is 73.6 cm³/mol. The second-order valence-electron chi connectivity index (χ2n) is 5.76. The smallest absolute Gasteiger partial charge is 0.215 e. The van der Waals surface area contributed by atoms with E-state index in [4.69, 9.17) is 0 Å². The highest BCUT2D eigenvalue weighted by molar-refractivity contribution is 7.90. The molecule has 1 atom stereocenters. The first kappa shape index (κ1) is 16.9. The van der Waals surface area contributed by atoms with Crippen LogP contribution in [0.25, 0.3) is 0 Å². The minimum absolute atomic E-state index is 0.159. The van der Waals surface area contributed by atoms with Gasteiger partial charge in [0.05, 0.1) is 5.25 Å². The third kappa shape index (κ3) is 8.57. The summed E-state index contributed by atoms with van der Waals surface area (Å²) in [6, 6.07) is 0. The van der Waals surface area contributed by atoms with E-state index in [2.05, 4.69) is 37.7 Å². The zero-order valence-corrected chi connectivity index (χ0v) is 12.7. The van der Waals surface area contributed by atoms with Crippen molar-refractivity contribution in [2.24, 2.45) is 5.41 Å². The van der Waals surface area contributed by atoms with Crippen LogP contribution in [-0.4, -0.2) is 33.3 Å². The fourth-order valence-corrected chi connectivity index (χ4v) is 2.31. The number of rotatable bonds is 8. The molecule has 2 N–H and O–H groups in total. The van der Waals surface area contributed by atoms with Gasteiger partial charge in [-0.2, -0.15) is 0 Å². The Kier molecular flexibility index (Phi) is 7.28. The van der Waals surface area contributed by atoms with Crippen LogP contribution in [0.5, 0.6) is 0 Å². The Hall–Kier alpha value is -0.130. The van der Waals surface area contributed by atoms with Crippen LogP contribution < -0.4 is 10.0 Å². The van der Waals surface area contributed by atoms with Crippen LogP contribution >= 0.6 is 0 Å². The Balaban J connectivity index is 4.01. The molecule has 0 saturated carbocycles. The molecule has 0 fully saturated rings. The first-order valence-electron chi connectivity index (χ1n) is 6.38. The van der Waals surface area contributed by atoms with Crippen molar-refractivity contribution in [3.05, 3.63) is 0 Å². The average Bonchev–Trinajstić information content (AvgIpc) is 2.15. The van der Waals surface area contributed by atoms with E-state index in [0.29, 0.717) is 13.1 Å². The zero-order valence-electron chi connectivity index (χ0n) is 11.8. The van der Waals surface area contributed by atoms with Crippen molar-refractivity contribution in [3.8, 4) is 0 Å². The third-order valence-electron chi connectivity index (χ3n) is 2.57. The Bertz CT molecular complexity index is 294. The van der Waals surface area contributed by atoms with Gasteiger partial charge in [0.25, 0.3) is 0 Å². The Morgan fingerprint density at radius 3 is 2.24 bits per heavy atom. The van der Waals surface area contributed by atoms with Crippen molar-refractivity contribution in [3.63, 3.8) is 0 Å². The second kappa shape index (κ2) is 7.34. The standard InChI is InChI=1S/C12H28N2O2S/c1-6-8-13-10-11(2)17(15,16)14-9-7-12(3,4)5/h11,13-14H,6-10H2,1-5H3. The highest BCUT2D eigenvalue weighted by Gasteiger charge is 2.20. The minimum Gasteiger partial charge on any atom is -0.315 e. The molecule has 0 aliphatic carbocycles. The second-order valence-corrected chi connectivity index (χ2v) is 7.95. The predicted octanol–water partition coefficient (Wildman–Crippen LogP) is 1.73. The van der Waals surface area contributed by atoms with E-state index in [9.17, 15) is 8.42 Å². The van der Waals surface area contributed by atoms with Gasteiger partial charge in [-0.1, -0.05) is 27.7 Å². The van der Waals surface area contributed by atoms with E-state index >= 15 is 0 Å². The summed E-state index contributed by atoms with van der Waals surface area (Å²) >= 11 is 0. The van der Waals surface area contributed by atoms with E-state index < -0.39 is 10.0 Å². The topological polar surface area (TPSA) is 58.2 Å². The lowest BCUT2D eigenvalue weighted by Gasteiger charge is -2.19. The SMILES string of the molecule is CCCNCC(C)S(=O)(=O)NCCC(C)(C)C. The third-order valence-corrected chi connectivity index (χ3v) is 4.40. The lowest BCUT2D eigenvalue weighted by molar-refractivity contribution is 0.378. The Labute approximate surface area is 107 Å². The van der Waals surface area contributed by atoms with Crippen LogP contribution in [0.1, 0.15) is 47.5 Å². The van der Waals surface area contributed by atoms with Gasteiger partial charge >= 0.3 is 0 Å². The molecule has 0 bridgehead atoms. The lowest BCUT2D eigenvalue weighted by atomic mass is 9.93. The van der Waals surface area contributed by atoms with Gasteiger partial charge in [0.15, 0.2) is 0 Å². The van der Waals surface area contributed by atoms with E-state index in [1.807, 2.05) is 0 Å². The zero-order chi connectivity index (χ0) is 13.5. The number of nitrogens with one attached hydrogen (secondary N) is 2. The van der Waals surface area contributed by atoms with Gasteiger partial charge in [-0.05, 0) is 31.7 Å². The van der Waals surface area contributed by atoms with E-state index in [1.165, 1.54) is 0 Å². The number of hydrogen-bond donors (Lipinski definition) is 2. The summed E-state index contributed by atoms with van der Waals surface area (Å²) in [7, 11) is -3.18. The number of sulfonamides is 1. The van der Waals surface area contributed by atoms with Crippen LogP contribution in [0.2, 0.25) is 0 Å². The maximum absolute atomic E-state index is 11.9. The normalized spacial score (nSPS) is 14.9. The molecule has 1 unspecified atom stereocenters. The van der Waals surface area contributed by atoms with Crippen molar-refractivity contribution in [1.82, 2.24) is 10.0 Å². The van der Waals surface area contributed by atoms with Gasteiger partial charge < -0.3 is 5.32 Å². The summed E-state index contributed by atoms with van der Waals surface area (Å²) in [5, 5.41) is 2.75. The van der Waals surface area contributed by atoms with Gasteiger partial charge in [0.2, 0.25) is 10.0 Å². The first-order valence-corrected chi connectivity index (χ1v) is 7.93. The lowest BCUT2D eigenvalue weighted by Crippen LogP contribution is -2.40. The van der Waals surface area contributed by atoms with Crippen LogP contribution in [0.15, 0.2) is 0 Å². The fraction of sp³-hybridized carbons (Fsp3) is 1.00. The first-order chi connectivity index (χ1) is 7.69. The molecule has 17 heavy (non-hydrogen) atoms. The summed E-state index contributed by atoms with van der Waals surface area (Å²) in [6.07, 6.45) is 1.87. The maximum atomic E-state index is 11.9. The van der Waals surface area contributed by atoms with Crippen molar-refractivity contribution in [2.75, 3.05) is 19.6 Å². The molecule has 0 aromatic carbocycles. The van der Waals surface area contributed by atoms with Gasteiger partial charge in [-0.25, -0.2) is 13.1 Å². The highest BCUT2D eigenvalue weighted by atomic mass is 32.2. The highest BCUT2D eigenvalue weighted by Crippen LogP contribution is 2.17. The largest absolute Gasteiger partial charge is 0.315 e. The summed E-state index contributed by atoms with van der Waals surface area (Å²) in [5.41, 5.74) is 0.159. The Morgan fingerprint density at radius 1 is 1.18 bits per heavy atom. The summed E-state index contributed by atoms with van der Waals surface area (Å²) in [5.74, 6) is 0. The molecule has 104 valence electrons. The molecule has 0 spiro atoms. The molecule has 0 aliphatic heterocycles. The van der Waals surface area contributed by atoms with Crippen LogP contribution in [0, 0.1) is 5.41 Å². The van der Waals surface area contributed by atoms with Crippen LogP contribution in [0.3, 0.4) is 0 Å². The van der Waals surface area contributed by atoms with Crippen LogP contribution in [0.4, 0.5) is 0 Å². The Morgan fingerprint density at radius 2 is 1.76 bits per heavy atom. The average molecular weight is 264 g/mol. The van der Waals surface area contributed by atoms with Crippen molar-refractivity contribution in [1.29, 1.82) is 0 Å². The van der Waals surface area contributed by atoms with Gasteiger partial charge in [0, 0.05) is 13.1 Å². The van der Waals surface area contributed by atoms with Gasteiger partial charge in [-0.15, -0.1) is 0 Å². The molecule has 0 aliphatic rings. The minimum atomic E-state index is -3.18. The van der Waals surface area contributed by atoms with Crippen molar-refractivity contribution >= 4 is 10.0 Å². The van der Waals surface area contributed by atoms with E-state index in [1.54, 1.807) is 6.92 Å². The molecule has 0 rings (SSSR count). The maximum Gasteiger partial charge on any atom is 0.215 e. The van der Waals surface area contributed by atoms with Gasteiger partial charge in [-0.3, -0.25) is 0 Å². The molecular formula is C12H28N2O2S. The van der Waals surface area contributed by atoms with E-state index in [-0.39, 0.29) is 10.7 Å². The molecule has 0 aromatic heterocycles. The molecule has 5 heteroatoms. The number of hydrogen-bond acceptors (Lipinski definition) is 3. The molecule has 0 amide bonds. The molecular weight excluding hydrogens is 236 g/mol. The summed E-state index contributed by atoms with van der Waals surface area (Å²) < 4.78 is 26.4. The fourth-order valence-electron chi connectivity index (χ4n) is 1.30. The van der Waals surface area contributed by atoms with Crippen molar-refractivity contribution in [2.45, 2.75) is 52.7 Å². The van der Waals surface area contributed by atoms with Crippen LogP contribution in [-0.2, 0) is 10.0 Å². The molecule has 0 saturated heterocycles. The summed E-state index contributed by atoms with van der Waals surface area (Å²) in [4.78, 5) is 0. The molecule has 4 nitrogen and oxygen atoms in total. The summed E-state index contributed by atoms with van der Waals surface area (Å²) in [6.45, 7) is 12.0. The van der Waals surface area contributed by atoms with Gasteiger partial charge in [0.1, 0.15) is 0 Å². The monoisotopic (exact) mass is 264 g/mol. The molecule has 0 aromatic rings. The van der Waals surface area contributed by atoms with E-state index in [0.717, 1.165) is 19.4 Å².